The summed E-state index contributed by atoms with van der Waals surface area (Å²) in [7, 11) is 0. The van der Waals surface area contributed by atoms with Gasteiger partial charge in [0.2, 0.25) is 11.6 Å². The fraction of sp³-hybridized carbons (Fsp3) is 0.0435. The Morgan fingerprint density at radius 3 is 1.96 bits per heavy atom. The fourth-order valence-electron chi connectivity index (χ4n) is 4.54. The summed E-state index contributed by atoms with van der Waals surface area (Å²) in [5, 5.41) is 8.87. The second-order valence-electron chi connectivity index (χ2n) is 6.82. The van der Waals surface area contributed by atoms with E-state index in [9.17, 15) is 9.59 Å². The van der Waals surface area contributed by atoms with Gasteiger partial charge in [0.05, 0.1) is 0 Å². The van der Waals surface area contributed by atoms with Crippen molar-refractivity contribution < 1.29 is 9.59 Å². The molecule has 1 aliphatic carbocycles. The van der Waals surface area contributed by atoms with Gasteiger partial charge in [-0.25, -0.2) is 0 Å². The molecule has 0 spiro atoms. The molecular weight excluding hydrogens is 308 g/mol. The Morgan fingerprint density at radius 2 is 1.24 bits per heavy atom. The predicted molar refractivity (Wildman–Crippen MR) is 101 cm³/mol. The molecule has 0 saturated heterocycles. The quantitative estimate of drug-likeness (QED) is 0.227. The van der Waals surface area contributed by atoms with Crippen molar-refractivity contribution in [2.45, 2.75) is 6.42 Å². The Bertz CT molecular complexity index is 1390. The highest BCUT2D eigenvalue weighted by Gasteiger charge is 2.27. The summed E-state index contributed by atoms with van der Waals surface area (Å²) < 4.78 is 0. The molecule has 25 heavy (non-hydrogen) atoms. The number of carbonyl (C=O) groups excluding carboxylic acids is 2. The van der Waals surface area contributed by atoms with Crippen molar-refractivity contribution >= 4 is 54.7 Å². The minimum Gasteiger partial charge on any atom is -0.290 e. The van der Waals surface area contributed by atoms with Crippen LogP contribution < -0.4 is 0 Å². The van der Waals surface area contributed by atoms with Gasteiger partial charge < -0.3 is 0 Å². The first-order valence-corrected chi connectivity index (χ1v) is 8.42. The highest BCUT2D eigenvalue weighted by atomic mass is 16.2. The molecule has 0 aromatic heterocycles. The van der Waals surface area contributed by atoms with E-state index in [1.54, 1.807) is 0 Å². The lowest BCUT2D eigenvalue weighted by atomic mass is 9.86. The van der Waals surface area contributed by atoms with Crippen molar-refractivity contribution in [1.29, 1.82) is 0 Å². The van der Waals surface area contributed by atoms with Gasteiger partial charge >= 0.3 is 0 Å². The Kier molecular flexibility index (Phi) is 2.21. The number of hydrogen-bond donors (Lipinski definition) is 0. The Hall–Kier alpha value is -3.26. The van der Waals surface area contributed by atoms with E-state index < -0.39 is 0 Å². The Labute approximate surface area is 143 Å². The maximum atomic E-state index is 12.8. The van der Waals surface area contributed by atoms with Gasteiger partial charge in [0.1, 0.15) is 0 Å². The zero-order chi connectivity index (χ0) is 16.7. The molecule has 2 heteroatoms. The molecule has 0 bridgehead atoms. The molecule has 116 valence electrons. The summed E-state index contributed by atoms with van der Waals surface area (Å²) in [6.07, 6.45) is 0.177. The number of carbonyl (C=O) groups is 2. The molecule has 0 N–H and O–H groups in total. The lowest BCUT2D eigenvalue weighted by molar-refractivity contribution is -0.114. The summed E-state index contributed by atoms with van der Waals surface area (Å²) in [5.41, 5.74) is 1.50. The molecule has 0 saturated carbocycles. The highest BCUT2D eigenvalue weighted by Crippen LogP contribution is 2.44. The molecule has 1 aliphatic rings. The molecule has 0 radical (unpaired) electrons. The van der Waals surface area contributed by atoms with E-state index in [-0.39, 0.29) is 18.0 Å². The number of Topliss-reactive ketones (excluding diaryl/α,β-unsaturated/α-hetero) is 2. The van der Waals surface area contributed by atoms with E-state index in [1.165, 1.54) is 5.39 Å². The van der Waals surface area contributed by atoms with Crippen molar-refractivity contribution in [3.8, 4) is 0 Å². The van der Waals surface area contributed by atoms with Crippen molar-refractivity contribution in [1.82, 2.24) is 0 Å². The van der Waals surface area contributed by atoms with E-state index in [2.05, 4.69) is 42.5 Å². The van der Waals surface area contributed by atoms with Gasteiger partial charge in [0, 0.05) is 17.4 Å². The molecule has 0 heterocycles. The van der Waals surface area contributed by atoms with Crippen molar-refractivity contribution in [3.05, 3.63) is 71.8 Å². The SMILES string of the molecule is O=C1Cc2ccc3cccc4c5cccc6ccc(c(c2c34)c65)C1=O. The largest absolute Gasteiger partial charge is 0.290 e. The standard InChI is InChI=1S/C23H12O2/c24-18-11-14-8-7-12-3-1-5-15-16-6-2-4-13-9-10-17(23(18)25)22(20(13)16)21(14)19(12)15/h1-10H,11H2. The fourth-order valence-corrected chi connectivity index (χ4v) is 4.54. The van der Waals surface area contributed by atoms with E-state index in [4.69, 9.17) is 0 Å². The number of ketones is 2. The van der Waals surface area contributed by atoms with Crippen LogP contribution in [0, 0.1) is 0 Å². The van der Waals surface area contributed by atoms with Gasteiger partial charge in [-0.2, -0.15) is 0 Å². The van der Waals surface area contributed by atoms with Crippen LogP contribution in [0.25, 0.3) is 43.1 Å². The molecule has 0 fully saturated rings. The average Bonchev–Trinajstić information content (AvgIpc) is 2.76. The third kappa shape index (κ3) is 1.46. The molecule has 0 amide bonds. The summed E-state index contributed by atoms with van der Waals surface area (Å²) >= 11 is 0. The van der Waals surface area contributed by atoms with Crippen LogP contribution in [-0.2, 0) is 11.2 Å². The van der Waals surface area contributed by atoms with Gasteiger partial charge in [-0.3, -0.25) is 9.59 Å². The zero-order valence-corrected chi connectivity index (χ0v) is 13.3. The van der Waals surface area contributed by atoms with Crippen LogP contribution in [0.5, 0.6) is 0 Å². The van der Waals surface area contributed by atoms with Gasteiger partial charge in [0.25, 0.3) is 0 Å². The van der Waals surface area contributed by atoms with Gasteiger partial charge in [0.15, 0.2) is 0 Å². The lowest BCUT2D eigenvalue weighted by Gasteiger charge is -2.16. The maximum Gasteiger partial charge on any atom is 0.229 e. The van der Waals surface area contributed by atoms with Gasteiger partial charge in [-0.05, 0) is 49.3 Å². The predicted octanol–water partition coefficient (Wildman–Crippen LogP) is 5.05. The van der Waals surface area contributed by atoms with Crippen LogP contribution in [0.3, 0.4) is 0 Å². The smallest absolute Gasteiger partial charge is 0.229 e. The van der Waals surface area contributed by atoms with Crippen LogP contribution in [0.1, 0.15) is 15.9 Å². The molecule has 0 aliphatic heterocycles. The minimum atomic E-state index is -0.365. The van der Waals surface area contributed by atoms with Gasteiger partial charge in [-0.1, -0.05) is 54.6 Å². The number of fused-ring (bicyclic) bond motifs is 1. The zero-order valence-electron chi connectivity index (χ0n) is 13.3. The molecule has 0 atom stereocenters. The number of hydrogen-bond acceptors (Lipinski definition) is 2. The van der Waals surface area contributed by atoms with E-state index in [1.807, 2.05) is 18.2 Å². The van der Waals surface area contributed by atoms with E-state index in [0.717, 1.165) is 43.3 Å². The second kappa shape index (κ2) is 4.22. The second-order valence-corrected chi connectivity index (χ2v) is 6.82. The third-order valence-corrected chi connectivity index (χ3v) is 5.57. The van der Waals surface area contributed by atoms with E-state index in [0.29, 0.717) is 5.56 Å². The molecular formula is C23H12O2. The highest BCUT2D eigenvalue weighted by molar-refractivity contribution is 6.50. The third-order valence-electron chi connectivity index (χ3n) is 5.57. The summed E-state index contributed by atoms with van der Waals surface area (Å²) in [4.78, 5) is 25.2. The summed E-state index contributed by atoms with van der Waals surface area (Å²) in [6, 6.07) is 20.4. The van der Waals surface area contributed by atoms with Crippen molar-refractivity contribution in [2.75, 3.05) is 0 Å². The maximum absolute atomic E-state index is 12.8. The van der Waals surface area contributed by atoms with Crippen LogP contribution >= 0.6 is 0 Å². The molecule has 6 rings (SSSR count). The topological polar surface area (TPSA) is 34.1 Å². The molecule has 2 nitrogen and oxygen atoms in total. The normalized spacial score (nSPS) is 14.4. The molecule has 0 unspecified atom stereocenters. The summed E-state index contributed by atoms with van der Waals surface area (Å²) in [5.74, 6) is -0.689. The van der Waals surface area contributed by atoms with Crippen LogP contribution in [0.4, 0.5) is 0 Å². The van der Waals surface area contributed by atoms with Crippen molar-refractivity contribution in [3.63, 3.8) is 0 Å². The Balaban J connectivity index is 2.11. The first kappa shape index (κ1) is 13.1. The van der Waals surface area contributed by atoms with Crippen LogP contribution in [-0.4, -0.2) is 11.6 Å². The summed E-state index contributed by atoms with van der Waals surface area (Å²) in [6.45, 7) is 0. The Morgan fingerprint density at radius 1 is 0.600 bits per heavy atom. The first-order valence-electron chi connectivity index (χ1n) is 8.42. The van der Waals surface area contributed by atoms with Crippen LogP contribution in [0.2, 0.25) is 0 Å². The van der Waals surface area contributed by atoms with Crippen molar-refractivity contribution in [2.24, 2.45) is 0 Å². The van der Waals surface area contributed by atoms with E-state index >= 15 is 0 Å². The number of rotatable bonds is 0. The van der Waals surface area contributed by atoms with Gasteiger partial charge in [-0.15, -0.1) is 0 Å². The molecule has 5 aromatic carbocycles. The molecule has 5 aromatic rings. The van der Waals surface area contributed by atoms with Crippen LogP contribution in [0.15, 0.2) is 60.7 Å². The minimum absolute atomic E-state index is 0.177. The first-order chi connectivity index (χ1) is 12.2. The lowest BCUT2D eigenvalue weighted by Crippen LogP contribution is -2.15. The monoisotopic (exact) mass is 320 g/mol. The number of benzene rings is 5. The average molecular weight is 320 g/mol.